The molecule has 0 saturated heterocycles. The van der Waals surface area contributed by atoms with E-state index in [1.807, 2.05) is 24.3 Å². The van der Waals surface area contributed by atoms with Crippen LogP contribution in [0, 0.1) is 0 Å². The van der Waals surface area contributed by atoms with Crippen molar-refractivity contribution in [3.63, 3.8) is 0 Å². The van der Waals surface area contributed by atoms with E-state index in [1.165, 1.54) is 0 Å². The summed E-state index contributed by atoms with van der Waals surface area (Å²) in [5, 5.41) is 9.88. The largest absolute Gasteiger partial charge is 0.486 e. The zero-order valence-electron chi connectivity index (χ0n) is 19.9. The summed E-state index contributed by atoms with van der Waals surface area (Å²) >= 11 is 6.75. The van der Waals surface area contributed by atoms with E-state index >= 15 is 0 Å². The molecule has 3 aromatic rings. The minimum absolute atomic E-state index is 0.200. The number of nitrogens with zero attached hydrogens (tertiary/aromatic N) is 3. The van der Waals surface area contributed by atoms with Crippen molar-refractivity contribution in [1.29, 1.82) is 0 Å². The number of ether oxygens (including phenoxy) is 2. The van der Waals surface area contributed by atoms with Crippen LogP contribution in [-0.2, 0) is 19.6 Å². The summed E-state index contributed by atoms with van der Waals surface area (Å²) in [5.41, 5.74) is 3.27. The molecule has 0 saturated carbocycles. The average molecular weight is 484 g/mol. The molecule has 0 atom stereocenters. The molecule has 182 valence electrons. The summed E-state index contributed by atoms with van der Waals surface area (Å²) in [6.07, 6.45) is 3.84. The van der Waals surface area contributed by atoms with Crippen LogP contribution in [0.1, 0.15) is 43.9 Å². The van der Waals surface area contributed by atoms with Gasteiger partial charge in [-0.3, -0.25) is 4.90 Å². The first kappa shape index (κ1) is 24.6. The van der Waals surface area contributed by atoms with Crippen LogP contribution in [0.25, 0.3) is 11.4 Å². The maximum atomic E-state index is 9.32. The lowest BCUT2D eigenvalue weighted by Crippen LogP contribution is -2.26. The topological polar surface area (TPSA) is 59.8 Å². The number of rotatable bonds is 12. The van der Waals surface area contributed by atoms with Gasteiger partial charge in [0.25, 0.3) is 0 Å². The highest BCUT2D eigenvalue weighted by atomic mass is 35.5. The Kier molecular flexibility index (Phi) is 8.85. The van der Waals surface area contributed by atoms with E-state index in [4.69, 9.17) is 26.1 Å². The predicted octanol–water partition coefficient (Wildman–Crippen LogP) is 5.55. The van der Waals surface area contributed by atoms with Crippen LogP contribution < -0.4 is 9.47 Å². The van der Waals surface area contributed by atoms with Gasteiger partial charge in [-0.2, -0.15) is 0 Å². The monoisotopic (exact) mass is 483 g/mol. The molecule has 1 aliphatic heterocycles. The van der Waals surface area contributed by atoms with E-state index in [0.29, 0.717) is 24.9 Å². The fourth-order valence-corrected chi connectivity index (χ4v) is 4.53. The Hall–Kier alpha value is -2.54. The van der Waals surface area contributed by atoms with Gasteiger partial charge in [-0.15, -0.1) is 0 Å². The molecule has 0 aliphatic carbocycles. The van der Waals surface area contributed by atoms with Crippen molar-refractivity contribution in [2.24, 2.45) is 0 Å². The quantitative estimate of drug-likeness (QED) is 0.342. The molecule has 34 heavy (non-hydrogen) atoms. The number of imidazole rings is 1. The number of aliphatic hydroxyl groups is 1. The first-order valence-corrected chi connectivity index (χ1v) is 12.6. The van der Waals surface area contributed by atoms with E-state index in [-0.39, 0.29) is 6.61 Å². The molecule has 6 nitrogen and oxygen atoms in total. The highest BCUT2D eigenvalue weighted by Crippen LogP contribution is 2.32. The molecule has 1 aliphatic rings. The minimum Gasteiger partial charge on any atom is -0.486 e. The third kappa shape index (κ3) is 6.12. The van der Waals surface area contributed by atoms with Crippen molar-refractivity contribution in [3.8, 4) is 22.9 Å². The first-order chi connectivity index (χ1) is 16.7. The Morgan fingerprint density at radius 2 is 1.79 bits per heavy atom. The number of aromatic nitrogens is 2. The molecule has 0 bridgehead atoms. The molecule has 1 N–H and O–H groups in total. The number of aliphatic hydroxyl groups excluding tert-OH is 1. The Bertz CT molecular complexity index is 1050. The zero-order valence-corrected chi connectivity index (χ0v) is 20.6. The SMILES string of the molecule is CCCCn1c(-c2ccccc2)nc(Cl)c1CN(CCCCO)Cc1ccc2c(c1)OCCO2. The molecule has 0 amide bonds. The molecule has 0 unspecified atom stereocenters. The molecule has 1 aromatic heterocycles. The van der Waals surface area contributed by atoms with E-state index in [0.717, 1.165) is 79.5 Å². The maximum absolute atomic E-state index is 9.32. The van der Waals surface area contributed by atoms with Crippen molar-refractivity contribution in [1.82, 2.24) is 14.5 Å². The van der Waals surface area contributed by atoms with Crippen molar-refractivity contribution >= 4 is 11.6 Å². The first-order valence-electron chi connectivity index (χ1n) is 12.2. The Morgan fingerprint density at radius 1 is 1.00 bits per heavy atom. The van der Waals surface area contributed by atoms with Crippen molar-refractivity contribution < 1.29 is 14.6 Å². The molecule has 4 rings (SSSR count). The molecular formula is C27H34ClN3O3. The van der Waals surface area contributed by atoms with E-state index in [9.17, 15) is 5.11 Å². The van der Waals surface area contributed by atoms with Gasteiger partial charge in [0.1, 0.15) is 19.0 Å². The van der Waals surface area contributed by atoms with Crippen molar-refractivity contribution in [2.45, 2.75) is 52.2 Å². The van der Waals surface area contributed by atoms with Crippen LogP contribution in [0.4, 0.5) is 0 Å². The molecule has 2 heterocycles. The lowest BCUT2D eigenvalue weighted by atomic mass is 10.1. The van der Waals surface area contributed by atoms with Gasteiger partial charge in [0, 0.05) is 31.8 Å². The Labute approximate surface area is 207 Å². The lowest BCUT2D eigenvalue weighted by molar-refractivity contribution is 0.170. The molecule has 7 heteroatoms. The van der Waals surface area contributed by atoms with Gasteiger partial charge in [0.15, 0.2) is 16.7 Å². The summed E-state index contributed by atoms with van der Waals surface area (Å²) in [7, 11) is 0. The number of unbranched alkanes of at least 4 members (excludes halogenated alkanes) is 2. The molecule has 0 fully saturated rings. The van der Waals surface area contributed by atoms with Crippen LogP contribution >= 0.6 is 11.6 Å². The van der Waals surface area contributed by atoms with Crippen LogP contribution in [0.5, 0.6) is 11.5 Å². The number of hydrogen-bond acceptors (Lipinski definition) is 5. The van der Waals surface area contributed by atoms with Crippen molar-refractivity contribution in [2.75, 3.05) is 26.4 Å². The smallest absolute Gasteiger partial charge is 0.161 e. The van der Waals surface area contributed by atoms with Gasteiger partial charge in [-0.25, -0.2) is 4.98 Å². The molecule has 2 aromatic carbocycles. The number of halogens is 1. The second kappa shape index (κ2) is 12.2. The maximum Gasteiger partial charge on any atom is 0.161 e. The summed E-state index contributed by atoms with van der Waals surface area (Å²) in [6, 6.07) is 16.4. The minimum atomic E-state index is 0.200. The Balaban J connectivity index is 1.60. The highest BCUT2D eigenvalue weighted by molar-refractivity contribution is 6.30. The predicted molar refractivity (Wildman–Crippen MR) is 135 cm³/mol. The molecule has 0 radical (unpaired) electrons. The summed E-state index contributed by atoms with van der Waals surface area (Å²) in [6.45, 7) is 6.72. The third-order valence-electron chi connectivity index (χ3n) is 6.06. The fraction of sp³-hybridized carbons (Fsp3) is 0.444. The van der Waals surface area contributed by atoms with E-state index in [1.54, 1.807) is 0 Å². The lowest BCUT2D eigenvalue weighted by Gasteiger charge is -2.25. The van der Waals surface area contributed by atoms with Gasteiger partial charge in [0.05, 0.1) is 5.69 Å². The third-order valence-corrected chi connectivity index (χ3v) is 6.36. The number of benzene rings is 2. The van der Waals surface area contributed by atoms with Gasteiger partial charge >= 0.3 is 0 Å². The summed E-state index contributed by atoms with van der Waals surface area (Å²) < 4.78 is 13.7. The van der Waals surface area contributed by atoms with Gasteiger partial charge in [-0.1, -0.05) is 61.3 Å². The van der Waals surface area contributed by atoms with E-state index in [2.05, 4.69) is 40.7 Å². The Morgan fingerprint density at radius 3 is 2.56 bits per heavy atom. The van der Waals surface area contributed by atoms with Gasteiger partial charge in [0.2, 0.25) is 0 Å². The van der Waals surface area contributed by atoms with E-state index < -0.39 is 0 Å². The van der Waals surface area contributed by atoms with Crippen LogP contribution in [0.3, 0.4) is 0 Å². The van der Waals surface area contributed by atoms with Crippen LogP contribution in [0.2, 0.25) is 5.15 Å². The summed E-state index contributed by atoms with van der Waals surface area (Å²) in [4.78, 5) is 7.15. The molecular weight excluding hydrogens is 450 g/mol. The normalized spacial score (nSPS) is 12.9. The van der Waals surface area contributed by atoms with Crippen molar-refractivity contribution in [3.05, 3.63) is 64.9 Å². The second-order valence-corrected chi connectivity index (χ2v) is 9.02. The van der Waals surface area contributed by atoms with Crippen LogP contribution in [-0.4, -0.2) is 45.9 Å². The summed E-state index contributed by atoms with van der Waals surface area (Å²) in [5.74, 6) is 2.52. The van der Waals surface area contributed by atoms with Gasteiger partial charge < -0.3 is 19.1 Å². The number of fused-ring (bicyclic) bond motifs is 1. The molecule has 0 spiro atoms. The van der Waals surface area contributed by atoms with Crippen LogP contribution in [0.15, 0.2) is 48.5 Å². The fourth-order valence-electron chi connectivity index (χ4n) is 4.29. The zero-order chi connectivity index (χ0) is 23.8. The van der Waals surface area contributed by atoms with Gasteiger partial charge in [-0.05, 0) is 43.5 Å². The second-order valence-electron chi connectivity index (χ2n) is 8.66. The standard InChI is InChI=1S/C27H34ClN3O3/c1-2-3-14-31-23(26(28)29-27(31)22-9-5-4-6-10-22)20-30(13-7-8-15-32)19-21-11-12-24-25(18-21)34-17-16-33-24/h4-6,9-12,18,32H,2-3,7-8,13-17,19-20H2,1H3. The average Bonchev–Trinajstić information content (AvgIpc) is 3.18. The number of hydrogen-bond donors (Lipinski definition) is 1. The highest BCUT2D eigenvalue weighted by Gasteiger charge is 2.20.